The number of aliphatic hydroxyl groups excluding tert-OH is 1. The summed E-state index contributed by atoms with van der Waals surface area (Å²) in [7, 11) is 2.90. The van der Waals surface area contributed by atoms with E-state index in [1.54, 1.807) is 26.0 Å². The van der Waals surface area contributed by atoms with Crippen LogP contribution in [0.15, 0.2) is 58.5 Å². The molecular weight excluding hydrogens is 586 g/mol. The minimum atomic E-state index is -1.01. The molecule has 6 N–H and O–H groups in total. The van der Waals surface area contributed by atoms with E-state index in [1.807, 2.05) is 6.92 Å². The van der Waals surface area contributed by atoms with Gasteiger partial charge in [0.25, 0.3) is 5.91 Å². The molecule has 0 aromatic rings. The first-order chi connectivity index (χ1) is 21.3. The van der Waals surface area contributed by atoms with Crippen LogP contribution in [0.5, 0.6) is 0 Å². The molecule has 12 nitrogen and oxygen atoms in total. The van der Waals surface area contributed by atoms with Crippen LogP contribution in [0, 0.1) is 11.8 Å². The number of nitrogens with two attached hydrogens (primary N) is 1. The molecule has 2 rings (SSSR count). The molecule has 1 heterocycles. The maximum absolute atomic E-state index is 13.7. The summed E-state index contributed by atoms with van der Waals surface area (Å²) in [5.41, 5.74) is 6.28. The zero-order valence-corrected chi connectivity index (χ0v) is 26.9. The third kappa shape index (κ3) is 11.0. The van der Waals surface area contributed by atoms with Crippen LogP contribution < -0.4 is 21.7 Å². The molecule has 0 saturated carbocycles. The molecule has 13 heteroatoms. The highest BCUT2D eigenvalue weighted by atomic mass is 18.2. The predicted octanol–water partition coefficient (Wildman–Crippen LogP) is 1.91. The van der Waals surface area contributed by atoms with Gasteiger partial charge in [-0.25, -0.2) is 9.18 Å². The molecule has 0 spiro atoms. The van der Waals surface area contributed by atoms with Crippen molar-refractivity contribution in [3.63, 3.8) is 0 Å². The van der Waals surface area contributed by atoms with Gasteiger partial charge < -0.3 is 41.0 Å². The van der Waals surface area contributed by atoms with Crippen molar-refractivity contribution in [2.45, 2.75) is 65.0 Å². The highest BCUT2D eigenvalue weighted by Crippen LogP contribution is 2.28. The van der Waals surface area contributed by atoms with Crippen molar-refractivity contribution in [1.82, 2.24) is 16.0 Å². The van der Waals surface area contributed by atoms with Gasteiger partial charge in [-0.1, -0.05) is 38.2 Å². The monoisotopic (exact) mass is 633 g/mol. The van der Waals surface area contributed by atoms with Crippen molar-refractivity contribution in [3.8, 4) is 0 Å². The summed E-state index contributed by atoms with van der Waals surface area (Å²) in [5.74, 6) is -2.31. The second kappa shape index (κ2) is 18.4. The van der Waals surface area contributed by atoms with Crippen LogP contribution in [0.3, 0.4) is 0 Å². The Labute approximate surface area is 264 Å². The Bertz CT molecular complexity index is 1240. The molecule has 0 fully saturated rings. The van der Waals surface area contributed by atoms with Gasteiger partial charge in [0.05, 0.1) is 23.6 Å². The first-order valence-corrected chi connectivity index (χ1v) is 14.9. The zero-order chi connectivity index (χ0) is 33.7. The molecule has 1 aliphatic heterocycles. The van der Waals surface area contributed by atoms with Gasteiger partial charge in [-0.05, 0) is 38.2 Å². The quantitative estimate of drug-likeness (QED) is 0.143. The van der Waals surface area contributed by atoms with Crippen molar-refractivity contribution in [3.05, 3.63) is 58.5 Å². The number of halogens is 1. The fourth-order valence-electron chi connectivity index (χ4n) is 5.25. The first-order valence-electron chi connectivity index (χ1n) is 14.9. The molecule has 250 valence electrons. The molecule has 0 unspecified atom stereocenters. The summed E-state index contributed by atoms with van der Waals surface area (Å²) < 4.78 is 29.0. The number of ketones is 2. The number of nitrogens with one attached hydrogen (secondary N) is 3. The summed E-state index contributed by atoms with van der Waals surface area (Å²) in [6, 6.07) is 0. The predicted molar refractivity (Wildman–Crippen MR) is 166 cm³/mol. The van der Waals surface area contributed by atoms with E-state index >= 15 is 0 Å². The number of Topliss-reactive ketones (excluding diaryl/α,β-unsaturated/α-hetero) is 1. The SMILES string of the molecule is CO[C@H]1/C=C\C=C(/C)C(=O)NC2=CC(=O)C(NCCNCC[18F])=C(C[C@@H](C)C[C@H](OC)[C@H](O)[C@@H](C)/C=C(\C)[C@@H]1OC(N)=O)C2=O. The number of aliphatic hydroxyl groups is 1. The van der Waals surface area contributed by atoms with Gasteiger partial charge in [0.1, 0.15) is 12.8 Å². The number of hydrogen-bond donors (Lipinski definition) is 5. The number of carbonyl (C=O) groups is 4. The maximum atomic E-state index is 13.7. The molecule has 1 aliphatic carbocycles. The van der Waals surface area contributed by atoms with Crippen LogP contribution in [-0.4, -0.2) is 93.6 Å². The van der Waals surface area contributed by atoms with Gasteiger partial charge in [-0.2, -0.15) is 0 Å². The molecule has 2 bridgehead atoms. The number of amides is 2. The van der Waals surface area contributed by atoms with Crippen LogP contribution in [0.2, 0.25) is 0 Å². The molecule has 6 atom stereocenters. The number of fused-ring (bicyclic) bond motifs is 2. The Balaban J connectivity index is 2.57. The van der Waals surface area contributed by atoms with Crippen molar-refractivity contribution in [2.24, 2.45) is 17.6 Å². The Morgan fingerprint density at radius 3 is 2.47 bits per heavy atom. The molecule has 0 radical (unpaired) electrons. The van der Waals surface area contributed by atoms with E-state index in [1.165, 1.54) is 33.3 Å². The fraction of sp³-hybridized carbons (Fsp3) is 0.562. The lowest BCUT2D eigenvalue weighted by Gasteiger charge is -2.30. The zero-order valence-electron chi connectivity index (χ0n) is 26.9. The molecule has 45 heavy (non-hydrogen) atoms. The molecule has 0 aromatic carbocycles. The lowest BCUT2D eigenvalue weighted by molar-refractivity contribution is -0.120. The number of rotatable bonds is 9. The van der Waals surface area contributed by atoms with Crippen LogP contribution in [0.4, 0.5) is 9.18 Å². The van der Waals surface area contributed by atoms with E-state index in [9.17, 15) is 28.7 Å². The number of hydrogen-bond acceptors (Lipinski definition) is 10. The molecule has 2 amide bonds. The van der Waals surface area contributed by atoms with E-state index in [0.717, 1.165) is 6.08 Å². The molecule has 0 aromatic heterocycles. The lowest BCUT2D eigenvalue weighted by atomic mass is 9.85. The number of primary amides is 1. The van der Waals surface area contributed by atoms with E-state index in [-0.39, 0.29) is 48.0 Å². The topological polar surface area (TPSA) is 178 Å². The van der Waals surface area contributed by atoms with Gasteiger partial charge in [0.2, 0.25) is 11.6 Å². The summed E-state index contributed by atoms with van der Waals surface area (Å²) in [4.78, 5) is 51.7. The Morgan fingerprint density at radius 1 is 1.13 bits per heavy atom. The van der Waals surface area contributed by atoms with Gasteiger partial charge >= 0.3 is 6.09 Å². The Kier molecular flexibility index (Phi) is 15.3. The third-order valence-corrected chi connectivity index (χ3v) is 7.67. The normalized spacial score (nSPS) is 30.4. The largest absolute Gasteiger partial charge is 0.439 e. The average Bonchev–Trinajstić information content (AvgIpc) is 2.99. The van der Waals surface area contributed by atoms with E-state index < -0.39 is 60.6 Å². The summed E-state index contributed by atoms with van der Waals surface area (Å²) >= 11 is 0. The van der Waals surface area contributed by atoms with Crippen molar-refractivity contribution in [1.29, 1.82) is 0 Å². The van der Waals surface area contributed by atoms with Gasteiger partial charge in [-0.3, -0.25) is 14.4 Å². The second-order valence-electron chi connectivity index (χ2n) is 11.3. The fourth-order valence-corrected chi connectivity index (χ4v) is 5.25. The minimum Gasteiger partial charge on any atom is -0.439 e. The number of ether oxygens (including phenoxy) is 3. The number of alkyl halides is 1. The highest BCUT2D eigenvalue weighted by molar-refractivity contribution is 6.23. The number of carbonyl (C=O) groups excluding carboxylic acids is 4. The first kappa shape index (κ1) is 37.5. The Hall–Kier alpha value is -3.65. The molecule has 2 aliphatic rings. The van der Waals surface area contributed by atoms with Gasteiger partial charge in [-0.15, -0.1) is 0 Å². The maximum Gasteiger partial charge on any atom is 0.405 e. The van der Waals surface area contributed by atoms with Crippen molar-refractivity contribution < 1.29 is 42.9 Å². The van der Waals surface area contributed by atoms with Gasteiger partial charge in [0.15, 0.2) is 6.10 Å². The summed E-state index contributed by atoms with van der Waals surface area (Å²) in [6.45, 7) is 7.17. The summed E-state index contributed by atoms with van der Waals surface area (Å²) in [5, 5.41) is 19.7. The smallest absolute Gasteiger partial charge is 0.405 e. The Morgan fingerprint density at radius 2 is 1.84 bits per heavy atom. The number of allylic oxidation sites excluding steroid dienone is 4. The van der Waals surface area contributed by atoms with Crippen molar-refractivity contribution >= 4 is 23.6 Å². The van der Waals surface area contributed by atoms with E-state index in [0.29, 0.717) is 18.5 Å². The number of methoxy groups -OCH3 is 2. The standard InChI is InChI=1S/C32H47FN4O8/c1-18-14-22-27(36-13-12-35-11-10-33)24(38)17-23(29(22)40)37-31(41)19(2)8-7-9-25(43-5)30(45-32(34)42)21(4)16-20(3)28(39)26(15-18)44-6/h7-9,16-18,20,25-26,28,30,35-36,39H,10-15H2,1-6H3,(H2,34,42)(H,37,41)/b9-7-,19-8+,21-16+/t18-,20+,25+,26+,28-,30+/m1/s1/i33-1. The van der Waals surface area contributed by atoms with E-state index in [4.69, 9.17) is 19.9 Å². The molecule has 0 saturated heterocycles. The van der Waals surface area contributed by atoms with Crippen LogP contribution in [-0.2, 0) is 28.6 Å². The minimum absolute atomic E-state index is 0.112. The van der Waals surface area contributed by atoms with E-state index in [2.05, 4.69) is 16.0 Å². The highest BCUT2D eigenvalue weighted by Gasteiger charge is 2.33. The van der Waals surface area contributed by atoms with Crippen LogP contribution in [0.25, 0.3) is 0 Å². The van der Waals surface area contributed by atoms with Crippen molar-refractivity contribution in [2.75, 3.05) is 40.5 Å². The summed E-state index contributed by atoms with van der Waals surface area (Å²) in [6.07, 6.45) is 3.52. The second-order valence-corrected chi connectivity index (χ2v) is 11.3. The van der Waals surface area contributed by atoms with Crippen LogP contribution >= 0.6 is 0 Å². The average molecular weight is 634 g/mol. The van der Waals surface area contributed by atoms with Gasteiger partial charge in [0, 0.05) is 57.0 Å². The lowest BCUT2D eigenvalue weighted by Crippen LogP contribution is -2.38. The van der Waals surface area contributed by atoms with Crippen LogP contribution in [0.1, 0.15) is 40.5 Å². The molecular formula is C32H47FN4O8. The third-order valence-electron chi connectivity index (χ3n) is 7.67.